The number of hydrogen-bond acceptors (Lipinski definition) is 5. The van der Waals surface area contributed by atoms with E-state index in [-0.39, 0.29) is 5.82 Å². The summed E-state index contributed by atoms with van der Waals surface area (Å²) in [5.74, 6) is 0.525. The zero-order valence-electron chi connectivity index (χ0n) is 18.9. The molecule has 5 rings (SSSR count). The van der Waals surface area contributed by atoms with Gasteiger partial charge in [0.25, 0.3) is 0 Å². The quantitative estimate of drug-likeness (QED) is 0.596. The number of nitrogens with zero attached hydrogens (tertiary/aromatic N) is 4. The largest absolute Gasteiger partial charge is 0.343 e. The molecule has 1 aromatic carbocycles. The van der Waals surface area contributed by atoms with Crippen LogP contribution in [0, 0.1) is 5.82 Å². The molecule has 9 heteroatoms. The lowest BCUT2D eigenvalue weighted by molar-refractivity contribution is 0.180. The summed E-state index contributed by atoms with van der Waals surface area (Å²) >= 11 is 0. The van der Waals surface area contributed by atoms with E-state index >= 15 is 4.39 Å². The lowest BCUT2D eigenvalue weighted by atomic mass is 10.0. The molecule has 1 aliphatic heterocycles. The van der Waals surface area contributed by atoms with Crippen LogP contribution in [-0.4, -0.2) is 59.7 Å². The van der Waals surface area contributed by atoms with Crippen LogP contribution in [0.1, 0.15) is 25.3 Å². The molecule has 2 aliphatic rings. The highest BCUT2D eigenvalue weighted by atomic mass is 32.2. The van der Waals surface area contributed by atoms with E-state index in [1.165, 1.54) is 16.1 Å². The van der Waals surface area contributed by atoms with Gasteiger partial charge in [0, 0.05) is 61.8 Å². The maximum atomic E-state index is 15.1. The minimum absolute atomic E-state index is 0.257. The molecule has 33 heavy (non-hydrogen) atoms. The number of benzene rings is 1. The second-order valence-electron chi connectivity index (χ2n) is 8.88. The smallest absolute Gasteiger partial charge is 0.211 e. The van der Waals surface area contributed by atoms with Crippen molar-refractivity contribution in [2.75, 3.05) is 37.8 Å². The number of pyridine rings is 1. The lowest BCUT2D eigenvalue weighted by Gasteiger charge is -2.33. The number of halogens is 1. The first-order valence-corrected chi connectivity index (χ1v) is 13.0. The molecule has 1 N–H and O–H groups in total. The van der Waals surface area contributed by atoms with Gasteiger partial charge in [-0.05, 0) is 37.5 Å². The number of hydrogen-bond donors (Lipinski definition) is 1. The van der Waals surface area contributed by atoms with Gasteiger partial charge in [-0.1, -0.05) is 23.8 Å². The van der Waals surface area contributed by atoms with E-state index in [9.17, 15) is 8.42 Å². The summed E-state index contributed by atoms with van der Waals surface area (Å²) in [6.07, 6.45) is 5.42. The van der Waals surface area contributed by atoms with Gasteiger partial charge in [0.15, 0.2) is 5.82 Å². The predicted octanol–water partition coefficient (Wildman–Crippen LogP) is 3.70. The summed E-state index contributed by atoms with van der Waals surface area (Å²) in [5.41, 5.74) is 5.84. The highest BCUT2D eigenvalue weighted by Crippen LogP contribution is 2.33. The molecule has 7 nitrogen and oxygen atoms in total. The lowest BCUT2D eigenvalue weighted by Crippen LogP contribution is -2.47. The fourth-order valence-corrected chi connectivity index (χ4v) is 5.17. The van der Waals surface area contributed by atoms with E-state index in [1.807, 2.05) is 41.0 Å². The summed E-state index contributed by atoms with van der Waals surface area (Å²) < 4.78 is 41.7. The Bertz CT molecular complexity index is 1330. The average molecular weight is 470 g/mol. The second-order valence-corrected chi connectivity index (χ2v) is 10.9. The van der Waals surface area contributed by atoms with Crippen LogP contribution in [0.15, 0.2) is 53.9 Å². The van der Waals surface area contributed by atoms with Gasteiger partial charge in [-0.25, -0.2) is 17.3 Å². The molecule has 174 valence electrons. The van der Waals surface area contributed by atoms with Crippen LogP contribution < -0.4 is 5.32 Å². The molecule has 2 fully saturated rings. The van der Waals surface area contributed by atoms with Crippen molar-refractivity contribution >= 4 is 21.4 Å². The van der Waals surface area contributed by atoms with Crippen molar-refractivity contribution in [3.63, 3.8) is 0 Å². The van der Waals surface area contributed by atoms with Crippen LogP contribution in [-0.2, 0) is 16.6 Å². The van der Waals surface area contributed by atoms with Gasteiger partial charge in [0.2, 0.25) is 10.0 Å². The highest BCUT2D eigenvalue weighted by molar-refractivity contribution is 7.88. The number of allylic oxidation sites excluding steroid dienone is 2. The van der Waals surface area contributed by atoms with Crippen LogP contribution in [0.5, 0.6) is 0 Å². The van der Waals surface area contributed by atoms with E-state index in [0.29, 0.717) is 38.3 Å². The van der Waals surface area contributed by atoms with Gasteiger partial charge in [-0.3, -0.25) is 4.90 Å². The van der Waals surface area contributed by atoms with Gasteiger partial charge >= 0.3 is 0 Å². The first-order chi connectivity index (χ1) is 15.8. The number of fused-ring (bicyclic) bond motifs is 1. The first kappa shape index (κ1) is 22.1. The third-order valence-corrected chi connectivity index (χ3v) is 7.71. The van der Waals surface area contributed by atoms with Crippen molar-refractivity contribution in [2.24, 2.45) is 0 Å². The van der Waals surface area contributed by atoms with Crippen molar-refractivity contribution in [1.29, 1.82) is 0 Å². The Kier molecular flexibility index (Phi) is 5.72. The predicted molar refractivity (Wildman–Crippen MR) is 128 cm³/mol. The molecule has 1 saturated carbocycles. The average Bonchev–Trinajstić information content (AvgIpc) is 3.55. The molecule has 1 saturated heterocycles. The highest BCUT2D eigenvalue weighted by Gasteiger charge is 2.24. The van der Waals surface area contributed by atoms with Crippen LogP contribution in [0.2, 0.25) is 0 Å². The fraction of sp³-hybridized carbons (Fsp3) is 0.375. The summed E-state index contributed by atoms with van der Waals surface area (Å²) in [6.45, 7) is 4.59. The molecule has 0 amide bonds. The van der Waals surface area contributed by atoms with Crippen molar-refractivity contribution < 1.29 is 12.8 Å². The molecule has 0 radical (unpaired) electrons. The number of aromatic nitrogens is 2. The summed E-state index contributed by atoms with van der Waals surface area (Å²) in [6, 6.07) is 11.2. The Morgan fingerprint density at radius 2 is 1.88 bits per heavy atom. The van der Waals surface area contributed by atoms with Gasteiger partial charge < -0.3 is 5.32 Å². The molecule has 3 heterocycles. The van der Waals surface area contributed by atoms with E-state index < -0.39 is 10.0 Å². The summed E-state index contributed by atoms with van der Waals surface area (Å²) in [7, 11) is -3.17. The Morgan fingerprint density at radius 3 is 2.55 bits per heavy atom. The summed E-state index contributed by atoms with van der Waals surface area (Å²) in [4.78, 5) is 2.09. The van der Waals surface area contributed by atoms with Gasteiger partial charge in [0.05, 0.1) is 11.8 Å². The van der Waals surface area contributed by atoms with Crippen LogP contribution >= 0.6 is 0 Å². The Hall–Kier alpha value is -2.75. The van der Waals surface area contributed by atoms with Gasteiger partial charge in [-0.2, -0.15) is 9.40 Å². The topological polar surface area (TPSA) is 70.0 Å². The Morgan fingerprint density at radius 1 is 1.12 bits per heavy atom. The normalized spacial score (nSPS) is 17.5. The minimum Gasteiger partial charge on any atom is -0.343 e. The molecule has 0 atom stereocenters. The third kappa shape index (κ3) is 4.80. The Balaban J connectivity index is 1.34. The van der Waals surface area contributed by atoms with Gasteiger partial charge in [0.1, 0.15) is 5.82 Å². The molecule has 2 aromatic heterocycles. The number of rotatable bonds is 6. The zero-order chi connectivity index (χ0) is 23.2. The van der Waals surface area contributed by atoms with Crippen LogP contribution in [0.25, 0.3) is 16.6 Å². The molecule has 1 aliphatic carbocycles. The molecule has 0 unspecified atom stereocenters. The molecule has 0 bridgehead atoms. The minimum atomic E-state index is -3.17. The number of nitrogens with one attached hydrogen (secondary N) is 1. The molecule has 3 aromatic rings. The monoisotopic (exact) mass is 469 g/mol. The van der Waals surface area contributed by atoms with Crippen molar-refractivity contribution in [2.45, 2.75) is 26.3 Å². The maximum absolute atomic E-state index is 15.1. The van der Waals surface area contributed by atoms with Crippen molar-refractivity contribution in [3.8, 4) is 11.1 Å². The Labute approximate surface area is 193 Å². The maximum Gasteiger partial charge on any atom is 0.211 e. The second kappa shape index (κ2) is 8.55. The molecular formula is C24H28FN5O2S. The van der Waals surface area contributed by atoms with Crippen LogP contribution in [0.4, 0.5) is 10.2 Å². The standard InChI is InChI=1S/C24H28FN5O2S/c1-17(18-5-6-18)26-24-15-23-21(4-3-9-30(23)27-24)19-7-8-20(22(25)14-19)16-28-10-12-29(13-11-28)33(2,31)32/h3-4,7-9,14-15H,5-6,10-13,16H2,1-2H3,(H,26,27). The van der Waals surface area contributed by atoms with Gasteiger partial charge in [-0.15, -0.1) is 0 Å². The van der Waals surface area contributed by atoms with E-state index in [4.69, 9.17) is 0 Å². The zero-order valence-corrected chi connectivity index (χ0v) is 19.7. The first-order valence-electron chi connectivity index (χ1n) is 11.2. The number of piperazine rings is 1. The number of sulfonamides is 1. The van der Waals surface area contributed by atoms with E-state index in [0.717, 1.165) is 41.0 Å². The number of anilines is 1. The van der Waals surface area contributed by atoms with E-state index in [2.05, 4.69) is 22.2 Å². The van der Waals surface area contributed by atoms with Crippen molar-refractivity contribution in [3.05, 3.63) is 65.2 Å². The third-order valence-electron chi connectivity index (χ3n) is 6.41. The molecular weight excluding hydrogens is 441 g/mol. The van der Waals surface area contributed by atoms with Crippen LogP contribution in [0.3, 0.4) is 0 Å². The van der Waals surface area contributed by atoms with Crippen molar-refractivity contribution in [1.82, 2.24) is 18.8 Å². The van der Waals surface area contributed by atoms with E-state index in [1.54, 1.807) is 6.07 Å². The molecule has 0 spiro atoms. The fourth-order valence-electron chi connectivity index (χ4n) is 4.34. The summed E-state index contributed by atoms with van der Waals surface area (Å²) in [5, 5.41) is 7.99. The SMILES string of the molecule is CC(Nc1cc2c(-c3ccc(CN4CCN(S(C)(=O)=O)CC4)c(F)c3)cccn2n1)=C1CC1.